The smallest absolute Gasteiger partial charge is 0.407 e. The second-order valence-electron chi connectivity index (χ2n) is 9.70. The largest absolute Gasteiger partial charge is 0.481 e. The molecule has 2 fully saturated rings. The Hall–Kier alpha value is -3.35. The van der Waals surface area contributed by atoms with Gasteiger partial charge < -0.3 is 20.5 Å². The summed E-state index contributed by atoms with van der Waals surface area (Å²) in [5.41, 5.74) is 4.41. The van der Waals surface area contributed by atoms with E-state index in [1.54, 1.807) is 0 Å². The number of hydrogen-bond acceptors (Lipinski definition) is 4. The summed E-state index contributed by atoms with van der Waals surface area (Å²) in [5.74, 6) is 0.611. The summed E-state index contributed by atoms with van der Waals surface area (Å²) >= 11 is 0. The SMILES string of the molecule is O=C(O)CC(NC(=O)OCC1c2ccccc2-c2ccccc21)C(=O)NCC[C@@H]1C[C@H]1C1CC1. The first kappa shape index (κ1) is 22.4. The van der Waals surface area contributed by atoms with E-state index in [0.717, 1.165) is 40.5 Å². The topological polar surface area (TPSA) is 105 Å². The molecular formula is C27H30N2O5. The van der Waals surface area contributed by atoms with Crippen LogP contribution >= 0.6 is 0 Å². The lowest BCUT2D eigenvalue weighted by Gasteiger charge is -2.18. The van der Waals surface area contributed by atoms with Crippen LogP contribution in [-0.4, -0.2) is 42.3 Å². The van der Waals surface area contributed by atoms with Crippen LogP contribution in [0.2, 0.25) is 0 Å². The van der Waals surface area contributed by atoms with E-state index in [4.69, 9.17) is 4.74 Å². The first-order valence-electron chi connectivity index (χ1n) is 12.1. The fraction of sp³-hybridized carbons (Fsp3) is 0.444. The number of fused-ring (bicyclic) bond motifs is 3. The van der Waals surface area contributed by atoms with Gasteiger partial charge in [-0.1, -0.05) is 48.5 Å². The number of carboxylic acid groups (broad SMARTS) is 1. The molecule has 0 heterocycles. The predicted molar refractivity (Wildman–Crippen MR) is 126 cm³/mol. The molecule has 3 N–H and O–H groups in total. The number of ether oxygens (including phenoxy) is 1. The number of rotatable bonds is 10. The average Bonchev–Trinajstić information content (AvgIpc) is 3.74. The summed E-state index contributed by atoms with van der Waals surface area (Å²) in [5, 5.41) is 14.5. The van der Waals surface area contributed by atoms with Gasteiger partial charge in [0.05, 0.1) is 6.42 Å². The molecule has 5 rings (SSSR count). The lowest BCUT2D eigenvalue weighted by molar-refractivity contribution is -0.139. The van der Waals surface area contributed by atoms with Gasteiger partial charge in [-0.05, 0) is 65.7 Å². The van der Waals surface area contributed by atoms with Crippen molar-refractivity contribution in [2.24, 2.45) is 17.8 Å². The Bertz CT molecular complexity index is 1050. The van der Waals surface area contributed by atoms with Gasteiger partial charge in [0.1, 0.15) is 12.6 Å². The Morgan fingerprint density at radius 1 is 1.00 bits per heavy atom. The van der Waals surface area contributed by atoms with Gasteiger partial charge in [0.25, 0.3) is 0 Å². The molecule has 0 radical (unpaired) electrons. The molecule has 0 bridgehead atoms. The maximum absolute atomic E-state index is 12.6. The average molecular weight is 463 g/mol. The van der Waals surface area contributed by atoms with Crippen molar-refractivity contribution in [3.05, 3.63) is 59.7 Å². The predicted octanol–water partition coefficient (Wildman–Crippen LogP) is 3.92. The third-order valence-corrected chi connectivity index (χ3v) is 7.35. The van der Waals surface area contributed by atoms with Crippen molar-refractivity contribution in [1.82, 2.24) is 10.6 Å². The summed E-state index contributed by atoms with van der Waals surface area (Å²) in [4.78, 5) is 36.4. The standard InChI is InChI=1S/C27H30N2O5/c30-25(31)14-24(26(32)28-12-11-17-13-22(17)16-9-10-16)29-27(33)34-15-23-20-7-3-1-5-18(20)19-6-2-4-8-21(19)23/h1-8,16-17,22-24H,9-15H2,(H,28,32)(H,29,33)(H,30,31)/t17-,22+,24?/m1/s1. The Morgan fingerprint density at radius 2 is 1.65 bits per heavy atom. The summed E-state index contributed by atoms with van der Waals surface area (Å²) in [6.45, 7) is 0.598. The first-order chi connectivity index (χ1) is 16.5. The van der Waals surface area contributed by atoms with Crippen LogP contribution in [0.25, 0.3) is 11.1 Å². The van der Waals surface area contributed by atoms with E-state index in [9.17, 15) is 19.5 Å². The number of carbonyl (C=O) groups is 3. The number of benzene rings is 2. The Morgan fingerprint density at radius 3 is 2.26 bits per heavy atom. The number of amides is 2. The summed E-state index contributed by atoms with van der Waals surface area (Å²) < 4.78 is 5.48. The van der Waals surface area contributed by atoms with Crippen molar-refractivity contribution in [2.45, 2.75) is 44.1 Å². The molecule has 0 aliphatic heterocycles. The lowest BCUT2D eigenvalue weighted by Crippen LogP contribution is -2.48. The van der Waals surface area contributed by atoms with Gasteiger partial charge in [-0.2, -0.15) is 0 Å². The van der Waals surface area contributed by atoms with Crippen LogP contribution in [0.5, 0.6) is 0 Å². The second kappa shape index (κ2) is 9.49. The zero-order valence-corrected chi connectivity index (χ0v) is 19.0. The molecule has 1 unspecified atom stereocenters. The lowest BCUT2D eigenvalue weighted by atomic mass is 9.98. The van der Waals surface area contributed by atoms with Gasteiger partial charge in [-0.25, -0.2) is 4.79 Å². The normalized spacial score (nSPS) is 21.2. The van der Waals surface area contributed by atoms with Crippen molar-refractivity contribution in [3.63, 3.8) is 0 Å². The third-order valence-electron chi connectivity index (χ3n) is 7.35. The molecule has 3 atom stereocenters. The van der Waals surface area contributed by atoms with Crippen molar-refractivity contribution in [1.29, 1.82) is 0 Å². The third kappa shape index (κ3) is 4.93. The molecule has 3 aliphatic carbocycles. The van der Waals surface area contributed by atoms with Crippen LogP contribution in [-0.2, 0) is 14.3 Å². The highest BCUT2D eigenvalue weighted by molar-refractivity contribution is 5.89. The Balaban J connectivity index is 1.15. The van der Waals surface area contributed by atoms with Gasteiger partial charge >= 0.3 is 12.1 Å². The maximum Gasteiger partial charge on any atom is 0.407 e. The molecule has 0 aromatic heterocycles. The number of nitrogens with one attached hydrogen (secondary N) is 2. The van der Waals surface area contributed by atoms with Gasteiger partial charge in [-0.3, -0.25) is 9.59 Å². The molecule has 178 valence electrons. The fourth-order valence-electron chi connectivity index (χ4n) is 5.37. The highest BCUT2D eigenvalue weighted by Gasteiger charge is 2.46. The minimum Gasteiger partial charge on any atom is -0.481 e. The maximum atomic E-state index is 12.6. The molecule has 2 amide bonds. The van der Waals surface area contributed by atoms with Gasteiger partial charge in [0, 0.05) is 12.5 Å². The van der Waals surface area contributed by atoms with Crippen LogP contribution in [0.3, 0.4) is 0 Å². The highest BCUT2D eigenvalue weighted by atomic mass is 16.5. The number of carbonyl (C=O) groups excluding carboxylic acids is 2. The highest BCUT2D eigenvalue weighted by Crippen LogP contribution is 2.55. The van der Waals surface area contributed by atoms with Crippen LogP contribution in [0.15, 0.2) is 48.5 Å². The Labute approximate surface area is 198 Å². The molecule has 34 heavy (non-hydrogen) atoms. The molecule has 2 aromatic carbocycles. The molecule has 3 aliphatic rings. The van der Waals surface area contributed by atoms with Crippen LogP contribution in [0, 0.1) is 17.8 Å². The number of aliphatic carboxylic acids is 1. The minimum atomic E-state index is -1.17. The van der Waals surface area contributed by atoms with E-state index >= 15 is 0 Å². The fourth-order valence-corrected chi connectivity index (χ4v) is 5.37. The van der Waals surface area contributed by atoms with Crippen molar-refractivity contribution < 1.29 is 24.2 Å². The molecule has 2 saturated carbocycles. The van der Waals surface area contributed by atoms with E-state index in [-0.39, 0.29) is 12.5 Å². The number of hydrogen-bond donors (Lipinski definition) is 3. The zero-order chi connectivity index (χ0) is 23.7. The molecule has 7 heteroatoms. The monoisotopic (exact) mass is 462 g/mol. The van der Waals surface area contributed by atoms with Gasteiger partial charge in [-0.15, -0.1) is 0 Å². The van der Waals surface area contributed by atoms with Crippen LogP contribution in [0.1, 0.15) is 49.1 Å². The minimum absolute atomic E-state index is 0.103. The molecule has 2 aromatic rings. The summed E-state index contributed by atoms with van der Waals surface area (Å²) in [6.07, 6.45) is 3.51. The van der Waals surface area contributed by atoms with Crippen molar-refractivity contribution in [3.8, 4) is 11.1 Å². The van der Waals surface area contributed by atoms with Crippen LogP contribution < -0.4 is 10.6 Å². The van der Waals surface area contributed by atoms with E-state index < -0.39 is 30.4 Å². The van der Waals surface area contributed by atoms with E-state index in [1.165, 1.54) is 19.3 Å². The number of alkyl carbamates (subject to hydrolysis) is 1. The molecule has 0 saturated heterocycles. The molecule has 0 spiro atoms. The summed E-state index contributed by atoms with van der Waals surface area (Å²) in [7, 11) is 0. The van der Waals surface area contributed by atoms with E-state index in [1.807, 2.05) is 36.4 Å². The second-order valence-corrected chi connectivity index (χ2v) is 9.70. The van der Waals surface area contributed by atoms with Gasteiger partial charge in [0.2, 0.25) is 5.91 Å². The van der Waals surface area contributed by atoms with Crippen molar-refractivity contribution in [2.75, 3.05) is 13.2 Å². The van der Waals surface area contributed by atoms with Crippen molar-refractivity contribution >= 4 is 18.0 Å². The first-order valence-corrected chi connectivity index (χ1v) is 12.1. The van der Waals surface area contributed by atoms with E-state index in [2.05, 4.69) is 22.8 Å². The summed E-state index contributed by atoms with van der Waals surface area (Å²) in [6, 6.07) is 14.9. The molecular weight excluding hydrogens is 432 g/mol. The molecule has 7 nitrogen and oxygen atoms in total. The van der Waals surface area contributed by atoms with E-state index in [0.29, 0.717) is 12.5 Å². The zero-order valence-electron chi connectivity index (χ0n) is 19.0. The number of carboxylic acids is 1. The van der Waals surface area contributed by atoms with Crippen LogP contribution in [0.4, 0.5) is 4.79 Å². The Kier molecular flexibility index (Phi) is 6.26. The quantitative estimate of drug-likeness (QED) is 0.496. The van der Waals surface area contributed by atoms with Gasteiger partial charge in [0.15, 0.2) is 0 Å².